The van der Waals surface area contributed by atoms with E-state index in [4.69, 9.17) is 4.98 Å². The van der Waals surface area contributed by atoms with Crippen LogP contribution in [0.5, 0.6) is 0 Å². The van der Waals surface area contributed by atoms with Gasteiger partial charge in [0.05, 0.1) is 29.4 Å². The summed E-state index contributed by atoms with van der Waals surface area (Å²) in [5.41, 5.74) is 9.51. The molecule has 1 N–H and O–H groups in total. The molecule has 33 heavy (non-hydrogen) atoms. The molecule has 0 saturated heterocycles. The number of rotatable bonds is 3. The molecule has 1 aliphatic heterocycles. The van der Waals surface area contributed by atoms with Crippen LogP contribution >= 0.6 is 0 Å². The number of anilines is 1. The highest BCUT2D eigenvalue weighted by Gasteiger charge is 2.18. The van der Waals surface area contributed by atoms with Gasteiger partial charge in [0.15, 0.2) is 0 Å². The van der Waals surface area contributed by atoms with Gasteiger partial charge in [0, 0.05) is 24.5 Å². The summed E-state index contributed by atoms with van der Waals surface area (Å²) in [5.74, 6) is 0.0848. The Kier molecular flexibility index (Phi) is 4.54. The van der Waals surface area contributed by atoms with Crippen molar-refractivity contribution in [3.8, 4) is 33.6 Å². The third-order valence-corrected chi connectivity index (χ3v) is 6.32. The van der Waals surface area contributed by atoms with Crippen molar-refractivity contribution in [3.63, 3.8) is 0 Å². The maximum Gasteiger partial charge on any atom is 0.224 e. The van der Waals surface area contributed by atoms with Gasteiger partial charge in [-0.3, -0.25) is 4.79 Å². The molecule has 0 bridgehead atoms. The average Bonchev–Trinajstić information content (AvgIpc) is 3.29. The summed E-state index contributed by atoms with van der Waals surface area (Å²) in [6.07, 6.45) is 4.94. The minimum Gasteiger partial charge on any atom is -0.332 e. The average molecular weight is 431 g/mol. The van der Waals surface area contributed by atoms with E-state index in [2.05, 4.69) is 71.0 Å². The number of carbonyl (C=O) groups excluding carboxylic acids is 1. The van der Waals surface area contributed by atoms with Crippen LogP contribution in [0.2, 0.25) is 0 Å². The number of aromatic nitrogens is 3. The van der Waals surface area contributed by atoms with Gasteiger partial charge in [-0.2, -0.15) is 0 Å². The van der Waals surface area contributed by atoms with E-state index in [9.17, 15) is 4.79 Å². The Labute approximate surface area is 191 Å². The number of pyridine rings is 1. The minimum atomic E-state index is 0.0848. The van der Waals surface area contributed by atoms with Gasteiger partial charge in [0.2, 0.25) is 5.91 Å². The van der Waals surface area contributed by atoms with E-state index in [1.54, 1.807) is 6.33 Å². The summed E-state index contributed by atoms with van der Waals surface area (Å²) in [5, 5.41) is 4.09. The number of hydrogen-bond donors (Lipinski definition) is 1. The van der Waals surface area contributed by atoms with Crippen molar-refractivity contribution in [3.05, 3.63) is 90.9 Å². The monoisotopic (exact) mass is 430 g/mol. The molecule has 5 aromatic rings. The highest BCUT2D eigenvalue weighted by molar-refractivity contribution is 6.01. The summed E-state index contributed by atoms with van der Waals surface area (Å²) in [7, 11) is 1.98. The number of imidazole rings is 1. The van der Waals surface area contributed by atoms with Gasteiger partial charge in [-0.25, -0.2) is 9.97 Å². The first kappa shape index (κ1) is 19.4. The van der Waals surface area contributed by atoms with Gasteiger partial charge in [0.25, 0.3) is 0 Å². The Bertz CT molecular complexity index is 1530. The fraction of sp³-hybridized carbons (Fsp3) is 0.107. The number of amides is 1. The number of carbonyl (C=O) groups is 1. The van der Waals surface area contributed by atoms with Crippen molar-refractivity contribution in [2.24, 2.45) is 7.05 Å². The second-order valence-electron chi connectivity index (χ2n) is 8.43. The molecule has 6 rings (SSSR count). The topological polar surface area (TPSA) is 59.8 Å². The van der Waals surface area contributed by atoms with E-state index < -0.39 is 0 Å². The standard InChI is InChI=1S/C28H22N4O/c1-32-17-29-16-27(32)26-15-23(22-8-4-5-9-25(22)30-26)21-7-3-2-6-20(21)18-10-12-24-19(14-18)11-13-28(33)31-24/h2-10,12,14-17H,11,13H2,1H3,(H,31,33). The van der Waals surface area contributed by atoms with E-state index in [0.29, 0.717) is 6.42 Å². The van der Waals surface area contributed by atoms with E-state index in [1.807, 2.05) is 29.9 Å². The highest BCUT2D eigenvalue weighted by Crippen LogP contribution is 2.39. The van der Waals surface area contributed by atoms with Crippen molar-refractivity contribution >= 4 is 22.5 Å². The van der Waals surface area contributed by atoms with E-state index >= 15 is 0 Å². The Balaban J connectivity index is 1.57. The summed E-state index contributed by atoms with van der Waals surface area (Å²) in [4.78, 5) is 21.0. The third kappa shape index (κ3) is 3.38. The number of fused-ring (bicyclic) bond motifs is 2. The zero-order valence-electron chi connectivity index (χ0n) is 18.2. The van der Waals surface area contributed by atoms with Crippen molar-refractivity contribution < 1.29 is 4.79 Å². The van der Waals surface area contributed by atoms with Crippen LogP contribution in [-0.2, 0) is 18.3 Å². The summed E-state index contributed by atoms with van der Waals surface area (Å²) in [6.45, 7) is 0. The molecule has 1 aliphatic rings. The number of hydrogen-bond acceptors (Lipinski definition) is 3. The maximum atomic E-state index is 11.8. The molecular weight excluding hydrogens is 408 g/mol. The molecule has 3 aromatic carbocycles. The van der Waals surface area contributed by atoms with Crippen molar-refractivity contribution in [2.45, 2.75) is 12.8 Å². The van der Waals surface area contributed by atoms with Crippen LogP contribution in [-0.4, -0.2) is 20.4 Å². The molecule has 0 unspecified atom stereocenters. The third-order valence-electron chi connectivity index (χ3n) is 6.32. The first-order valence-electron chi connectivity index (χ1n) is 11.1. The zero-order valence-corrected chi connectivity index (χ0v) is 18.2. The van der Waals surface area contributed by atoms with Crippen LogP contribution in [0.15, 0.2) is 85.3 Å². The van der Waals surface area contributed by atoms with Crippen molar-refractivity contribution in [1.29, 1.82) is 0 Å². The lowest BCUT2D eigenvalue weighted by Gasteiger charge is -2.19. The molecule has 5 nitrogen and oxygen atoms in total. The predicted molar refractivity (Wildman–Crippen MR) is 132 cm³/mol. The van der Waals surface area contributed by atoms with Gasteiger partial charge in [-0.05, 0) is 58.5 Å². The van der Waals surface area contributed by atoms with Crippen LogP contribution < -0.4 is 5.32 Å². The number of nitrogens with one attached hydrogen (secondary N) is 1. The molecule has 0 atom stereocenters. The molecule has 0 aliphatic carbocycles. The number of aryl methyl sites for hydroxylation is 2. The molecule has 0 spiro atoms. The van der Waals surface area contributed by atoms with Gasteiger partial charge in [-0.15, -0.1) is 0 Å². The Morgan fingerprint density at radius 2 is 1.70 bits per heavy atom. The Morgan fingerprint density at radius 3 is 2.55 bits per heavy atom. The van der Waals surface area contributed by atoms with Crippen LogP contribution in [0, 0.1) is 0 Å². The lowest BCUT2D eigenvalue weighted by atomic mass is 9.90. The molecule has 2 aromatic heterocycles. The fourth-order valence-corrected chi connectivity index (χ4v) is 4.65. The van der Waals surface area contributed by atoms with Crippen LogP contribution in [0.3, 0.4) is 0 Å². The van der Waals surface area contributed by atoms with Crippen LogP contribution in [0.1, 0.15) is 12.0 Å². The molecule has 0 radical (unpaired) electrons. The highest BCUT2D eigenvalue weighted by atomic mass is 16.1. The van der Waals surface area contributed by atoms with Crippen LogP contribution in [0.4, 0.5) is 5.69 Å². The van der Waals surface area contributed by atoms with Gasteiger partial charge in [-0.1, -0.05) is 48.5 Å². The lowest BCUT2D eigenvalue weighted by Crippen LogP contribution is -2.18. The quantitative estimate of drug-likeness (QED) is 0.390. The minimum absolute atomic E-state index is 0.0848. The van der Waals surface area contributed by atoms with Gasteiger partial charge in [0.1, 0.15) is 0 Å². The zero-order chi connectivity index (χ0) is 22.4. The molecule has 1 amide bonds. The van der Waals surface area contributed by atoms with E-state index in [-0.39, 0.29) is 5.91 Å². The normalized spacial score (nSPS) is 13.1. The maximum absolute atomic E-state index is 11.8. The summed E-state index contributed by atoms with van der Waals surface area (Å²) >= 11 is 0. The molecule has 160 valence electrons. The first-order valence-corrected chi connectivity index (χ1v) is 11.1. The molecular formula is C28H22N4O. The fourth-order valence-electron chi connectivity index (χ4n) is 4.65. The SMILES string of the molecule is Cn1cncc1-c1cc(-c2ccccc2-c2ccc3c(c2)CCC(=O)N3)c2ccccc2n1. The Morgan fingerprint density at radius 1 is 0.879 bits per heavy atom. The number of nitrogens with zero attached hydrogens (tertiary/aromatic N) is 3. The van der Waals surface area contributed by atoms with E-state index in [1.165, 1.54) is 5.56 Å². The van der Waals surface area contributed by atoms with Gasteiger partial charge < -0.3 is 9.88 Å². The molecule has 3 heterocycles. The van der Waals surface area contributed by atoms with Crippen molar-refractivity contribution in [1.82, 2.24) is 14.5 Å². The predicted octanol–water partition coefficient (Wildman–Crippen LogP) is 5.85. The lowest BCUT2D eigenvalue weighted by molar-refractivity contribution is -0.116. The van der Waals surface area contributed by atoms with Gasteiger partial charge >= 0.3 is 0 Å². The molecule has 5 heteroatoms. The van der Waals surface area contributed by atoms with Crippen LogP contribution in [0.25, 0.3) is 44.5 Å². The van der Waals surface area contributed by atoms with E-state index in [0.717, 1.165) is 56.7 Å². The largest absolute Gasteiger partial charge is 0.332 e. The Hall–Kier alpha value is -4.25. The van der Waals surface area contributed by atoms with Crippen molar-refractivity contribution in [2.75, 3.05) is 5.32 Å². The molecule has 0 saturated carbocycles. The number of para-hydroxylation sites is 1. The molecule has 0 fully saturated rings. The second kappa shape index (κ2) is 7.71. The first-order chi connectivity index (χ1) is 16.2. The smallest absolute Gasteiger partial charge is 0.224 e. The second-order valence-corrected chi connectivity index (χ2v) is 8.43. The summed E-state index contributed by atoms with van der Waals surface area (Å²) in [6, 6.07) is 25.2. The number of benzene rings is 3. The summed E-state index contributed by atoms with van der Waals surface area (Å²) < 4.78 is 1.99.